The molecule has 1 aromatic carbocycles. The Kier molecular flexibility index (Phi) is 5.92. The Hall–Kier alpha value is -0.490. The van der Waals surface area contributed by atoms with E-state index in [0.717, 1.165) is 16.9 Å². The second-order valence-corrected chi connectivity index (χ2v) is 7.48. The zero-order valence-electron chi connectivity index (χ0n) is 11.9. The van der Waals surface area contributed by atoms with Crippen molar-refractivity contribution in [3.05, 3.63) is 34.9 Å². The van der Waals surface area contributed by atoms with Crippen LogP contribution in [0.25, 0.3) is 0 Å². The maximum atomic E-state index is 5.97. The molecule has 1 aliphatic rings. The van der Waals surface area contributed by atoms with E-state index >= 15 is 0 Å². The maximum Gasteiger partial charge on any atom is 0.0406 e. The molecule has 0 spiro atoms. The Morgan fingerprint density at radius 1 is 1.11 bits per heavy atom. The van der Waals surface area contributed by atoms with Crippen LogP contribution < -0.4 is 0 Å². The summed E-state index contributed by atoms with van der Waals surface area (Å²) in [6.45, 7) is 7.08. The Bertz CT molecular complexity index is 372. The van der Waals surface area contributed by atoms with Crippen molar-refractivity contribution in [2.45, 2.75) is 66.2 Å². The molecule has 1 saturated carbocycles. The van der Waals surface area contributed by atoms with Crippen LogP contribution in [0.2, 0.25) is 5.02 Å². The molecule has 1 aromatic rings. The summed E-state index contributed by atoms with van der Waals surface area (Å²) in [6.07, 6.45) is 6.87. The fourth-order valence-corrected chi connectivity index (χ4v) is 3.51. The van der Waals surface area contributed by atoms with Gasteiger partial charge in [0.05, 0.1) is 0 Å². The summed E-state index contributed by atoms with van der Waals surface area (Å²) in [5.41, 5.74) is 1.95. The number of hydrogen-bond acceptors (Lipinski definition) is 0. The van der Waals surface area contributed by atoms with Gasteiger partial charge >= 0.3 is 0 Å². The third-order valence-corrected chi connectivity index (χ3v) is 4.28. The van der Waals surface area contributed by atoms with Crippen LogP contribution >= 0.6 is 11.6 Å². The number of benzene rings is 1. The van der Waals surface area contributed by atoms with Crippen LogP contribution in [0.1, 0.15) is 71.8 Å². The van der Waals surface area contributed by atoms with Crippen LogP contribution in [0, 0.1) is 11.3 Å². The molecular weight excluding hydrogens is 252 g/mol. The van der Waals surface area contributed by atoms with Gasteiger partial charge in [0.25, 0.3) is 0 Å². The van der Waals surface area contributed by atoms with E-state index in [-0.39, 0.29) is 7.43 Å². The molecule has 19 heavy (non-hydrogen) atoms. The first kappa shape index (κ1) is 16.6. The van der Waals surface area contributed by atoms with E-state index in [1.807, 2.05) is 12.1 Å². The van der Waals surface area contributed by atoms with Crippen molar-refractivity contribution in [1.82, 2.24) is 0 Å². The highest BCUT2D eigenvalue weighted by Gasteiger charge is 2.26. The molecule has 0 radical (unpaired) electrons. The normalized spacial score (nSPS) is 23.8. The van der Waals surface area contributed by atoms with Gasteiger partial charge in [0.15, 0.2) is 0 Å². The molecule has 0 unspecified atom stereocenters. The van der Waals surface area contributed by atoms with Gasteiger partial charge in [-0.1, -0.05) is 64.8 Å². The van der Waals surface area contributed by atoms with Crippen molar-refractivity contribution < 1.29 is 0 Å². The topological polar surface area (TPSA) is 0 Å². The highest BCUT2D eigenvalue weighted by Crippen LogP contribution is 2.41. The summed E-state index contributed by atoms with van der Waals surface area (Å²) in [5.74, 6) is 1.66. The second kappa shape index (κ2) is 6.79. The lowest BCUT2D eigenvalue weighted by molar-refractivity contribution is 0.225. The third kappa shape index (κ3) is 5.18. The van der Waals surface area contributed by atoms with Gasteiger partial charge in [-0.15, -0.1) is 0 Å². The molecule has 0 aliphatic heterocycles. The highest BCUT2D eigenvalue weighted by molar-refractivity contribution is 6.30. The molecule has 1 aliphatic carbocycles. The predicted molar refractivity (Wildman–Crippen MR) is 87.0 cm³/mol. The zero-order valence-corrected chi connectivity index (χ0v) is 12.6. The smallest absolute Gasteiger partial charge is 0.0406 e. The quantitative estimate of drug-likeness (QED) is 0.566. The molecule has 2 rings (SSSR count). The molecule has 0 aromatic heterocycles. The van der Waals surface area contributed by atoms with Crippen LogP contribution in [0.3, 0.4) is 0 Å². The Morgan fingerprint density at radius 3 is 2.32 bits per heavy atom. The predicted octanol–water partition coefficient (Wildman–Crippen LogP) is 6.69. The van der Waals surface area contributed by atoms with E-state index < -0.39 is 0 Å². The summed E-state index contributed by atoms with van der Waals surface area (Å²) in [6, 6.07) is 8.49. The summed E-state index contributed by atoms with van der Waals surface area (Å²) >= 11 is 5.97. The average molecular weight is 281 g/mol. The molecule has 1 heteroatoms. The SMILES string of the molecule is C.CC(C)(C)C[C@@H]1CCC[C@H](c2ccc(Cl)cc2)C1. The Labute approximate surface area is 124 Å². The van der Waals surface area contributed by atoms with Crippen molar-refractivity contribution in [2.24, 2.45) is 11.3 Å². The molecular formula is C18H29Cl. The van der Waals surface area contributed by atoms with Gasteiger partial charge in [-0.05, 0) is 54.2 Å². The van der Waals surface area contributed by atoms with E-state index in [0.29, 0.717) is 5.41 Å². The number of rotatable bonds is 2. The fraction of sp³-hybridized carbons (Fsp3) is 0.667. The lowest BCUT2D eigenvalue weighted by Gasteiger charge is -2.33. The summed E-state index contributed by atoms with van der Waals surface area (Å²) < 4.78 is 0. The Morgan fingerprint density at radius 2 is 1.74 bits per heavy atom. The molecule has 2 atom stereocenters. The zero-order chi connectivity index (χ0) is 13.2. The van der Waals surface area contributed by atoms with E-state index in [4.69, 9.17) is 11.6 Å². The standard InChI is InChI=1S/C17H25Cl.CH4/c1-17(2,3)12-13-5-4-6-15(11-13)14-7-9-16(18)10-8-14;/h7-10,13,15H,4-6,11-12H2,1-3H3;1H4/t13-,15+;/m1./s1. The van der Waals surface area contributed by atoms with E-state index in [1.165, 1.54) is 37.7 Å². The summed E-state index contributed by atoms with van der Waals surface area (Å²) in [5, 5.41) is 0.848. The minimum Gasteiger partial charge on any atom is -0.0843 e. The van der Waals surface area contributed by atoms with Crippen LogP contribution in [0.5, 0.6) is 0 Å². The third-order valence-electron chi connectivity index (χ3n) is 4.03. The van der Waals surface area contributed by atoms with Gasteiger partial charge in [0.1, 0.15) is 0 Å². The lowest BCUT2D eigenvalue weighted by atomic mass is 9.72. The minimum atomic E-state index is 0. The summed E-state index contributed by atoms with van der Waals surface area (Å²) in [7, 11) is 0. The largest absolute Gasteiger partial charge is 0.0843 e. The first-order valence-electron chi connectivity index (χ1n) is 7.19. The monoisotopic (exact) mass is 280 g/mol. The van der Waals surface area contributed by atoms with Gasteiger partial charge in [-0.2, -0.15) is 0 Å². The van der Waals surface area contributed by atoms with E-state index in [9.17, 15) is 0 Å². The van der Waals surface area contributed by atoms with Crippen LogP contribution in [0.15, 0.2) is 24.3 Å². The lowest BCUT2D eigenvalue weighted by Crippen LogP contribution is -2.19. The van der Waals surface area contributed by atoms with Crippen molar-refractivity contribution in [2.75, 3.05) is 0 Å². The number of hydrogen-bond donors (Lipinski definition) is 0. The molecule has 0 heterocycles. The molecule has 1 fully saturated rings. The molecule has 0 nitrogen and oxygen atoms in total. The van der Waals surface area contributed by atoms with Crippen molar-refractivity contribution in [1.29, 1.82) is 0 Å². The maximum absolute atomic E-state index is 5.97. The van der Waals surface area contributed by atoms with Crippen molar-refractivity contribution in [3.63, 3.8) is 0 Å². The van der Waals surface area contributed by atoms with Gasteiger partial charge in [0.2, 0.25) is 0 Å². The first-order valence-corrected chi connectivity index (χ1v) is 7.57. The van der Waals surface area contributed by atoms with Crippen molar-refractivity contribution in [3.8, 4) is 0 Å². The van der Waals surface area contributed by atoms with E-state index in [2.05, 4.69) is 32.9 Å². The highest BCUT2D eigenvalue weighted by atomic mass is 35.5. The minimum absolute atomic E-state index is 0. The molecule has 0 bridgehead atoms. The molecule has 0 N–H and O–H groups in total. The number of halogens is 1. The fourth-order valence-electron chi connectivity index (χ4n) is 3.38. The van der Waals surface area contributed by atoms with Crippen LogP contribution in [0.4, 0.5) is 0 Å². The van der Waals surface area contributed by atoms with Gasteiger partial charge in [-0.25, -0.2) is 0 Å². The summed E-state index contributed by atoms with van der Waals surface area (Å²) in [4.78, 5) is 0. The molecule has 0 saturated heterocycles. The van der Waals surface area contributed by atoms with Crippen LogP contribution in [-0.2, 0) is 0 Å². The molecule has 108 valence electrons. The second-order valence-electron chi connectivity index (χ2n) is 7.05. The Balaban J connectivity index is 0.00000180. The average Bonchev–Trinajstić information content (AvgIpc) is 2.28. The molecule has 0 amide bonds. The first-order chi connectivity index (χ1) is 8.44. The van der Waals surface area contributed by atoms with Crippen LogP contribution in [-0.4, -0.2) is 0 Å². The van der Waals surface area contributed by atoms with Gasteiger partial charge < -0.3 is 0 Å². The van der Waals surface area contributed by atoms with Crippen molar-refractivity contribution >= 4 is 11.6 Å². The van der Waals surface area contributed by atoms with Gasteiger partial charge in [0, 0.05) is 5.02 Å². The van der Waals surface area contributed by atoms with E-state index in [1.54, 1.807) is 0 Å². The van der Waals surface area contributed by atoms with Gasteiger partial charge in [-0.3, -0.25) is 0 Å².